The molecule has 2 aliphatic rings. The summed E-state index contributed by atoms with van der Waals surface area (Å²) in [6, 6.07) is 4.77. The van der Waals surface area contributed by atoms with E-state index in [0.29, 0.717) is 23.5 Å². The van der Waals surface area contributed by atoms with Crippen LogP contribution in [0, 0.1) is 11.8 Å². The highest BCUT2D eigenvalue weighted by Gasteiger charge is 2.34. The number of nitrogens with zero attached hydrogens (tertiary/aromatic N) is 6. The molecule has 2 heterocycles. The Hall–Kier alpha value is -3.05. The van der Waals surface area contributed by atoms with Crippen molar-refractivity contribution in [3.05, 3.63) is 30.1 Å². The zero-order valence-corrected chi connectivity index (χ0v) is 22.0. The Bertz CT molecular complexity index is 1040. The van der Waals surface area contributed by atoms with Gasteiger partial charge in [0.05, 0.1) is 18.2 Å². The van der Waals surface area contributed by atoms with Crippen molar-refractivity contribution >= 4 is 17.5 Å². The highest BCUT2D eigenvalue weighted by molar-refractivity contribution is 5.99. The summed E-state index contributed by atoms with van der Waals surface area (Å²) in [6.45, 7) is 6.02. The number of carbonyl (C=O) groups is 2. The molecule has 4 rings (SSSR count). The van der Waals surface area contributed by atoms with Crippen molar-refractivity contribution in [1.82, 2.24) is 30.0 Å². The molecular formula is C26H39N7O4. The lowest BCUT2D eigenvalue weighted by Crippen LogP contribution is -2.50. The summed E-state index contributed by atoms with van der Waals surface area (Å²) < 4.78 is 7.81. The lowest BCUT2D eigenvalue weighted by molar-refractivity contribution is -0.116. The average molecular weight is 514 g/mol. The van der Waals surface area contributed by atoms with Crippen molar-refractivity contribution in [3.8, 4) is 5.75 Å². The Morgan fingerprint density at radius 2 is 2.05 bits per heavy atom. The normalized spacial score (nSPS) is 21.6. The number of hydrogen-bond acceptors (Lipinski definition) is 8. The van der Waals surface area contributed by atoms with Crippen LogP contribution >= 0.6 is 0 Å². The standard InChI is InChI=1S/C26H39N7O4/c1-18-12-33(19(2)16-34)26(36)22-11-21(28-25(35)15-32-17-27-29-30-32)9-10-23(22)37-24(18)14-31(3)13-20-7-5-4-6-8-20/h9-11,17-20,24,34H,4-8,12-16H2,1-3H3,(H,28,35)/t18-,19-,24-/m1/s1. The monoisotopic (exact) mass is 513 g/mol. The second-order valence-corrected chi connectivity index (χ2v) is 10.6. The van der Waals surface area contributed by atoms with E-state index >= 15 is 0 Å². The smallest absolute Gasteiger partial charge is 0.258 e. The lowest BCUT2D eigenvalue weighted by Gasteiger charge is -2.38. The zero-order chi connectivity index (χ0) is 26.4. The first-order chi connectivity index (χ1) is 17.8. The number of hydrogen-bond donors (Lipinski definition) is 2. The van der Waals surface area contributed by atoms with Gasteiger partial charge < -0.3 is 25.0 Å². The first kappa shape index (κ1) is 27.0. The minimum atomic E-state index is -0.348. The molecule has 0 unspecified atom stereocenters. The number of ether oxygens (including phenoxy) is 1. The third-order valence-corrected chi connectivity index (χ3v) is 7.43. The number of likely N-dealkylation sites (N-methyl/N-ethyl adjacent to an activating group) is 1. The van der Waals surface area contributed by atoms with Gasteiger partial charge >= 0.3 is 0 Å². The average Bonchev–Trinajstić information content (AvgIpc) is 3.39. The Labute approximate surface area is 218 Å². The van der Waals surface area contributed by atoms with Gasteiger partial charge in [-0.3, -0.25) is 9.59 Å². The Morgan fingerprint density at radius 3 is 2.76 bits per heavy atom. The molecule has 1 saturated carbocycles. The number of rotatable bonds is 9. The van der Waals surface area contributed by atoms with Crippen LogP contribution in [-0.4, -0.2) is 92.4 Å². The molecule has 1 aromatic heterocycles. The van der Waals surface area contributed by atoms with E-state index in [-0.39, 0.29) is 43.0 Å². The molecule has 11 heteroatoms. The van der Waals surface area contributed by atoms with Crippen LogP contribution < -0.4 is 10.1 Å². The molecule has 11 nitrogen and oxygen atoms in total. The van der Waals surface area contributed by atoms with Gasteiger partial charge in [-0.2, -0.15) is 0 Å². The van der Waals surface area contributed by atoms with Crippen molar-refractivity contribution < 1.29 is 19.4 Å². The molecule has 0 bridgehead atoms. The fourth-order valence-electron chi connectivity index (χ4n) is 5.31. The summed E-state index contributed by atoms with van der Waals surface area (Å²) in [5.41, 5.74) is 0.845. The van der Waals surface area contributed by atoms with E-state index in [1.165, 1.54) is 43.1 Å². The summed E-state index contributed by atoms with van der Waals surface area (Å²) in [5.74, 6) is 0.732. The van der Waals surface area contributed by atoms with Gasteiger partial charge in [0, 0.05) is 31.2 Å². The molecule has 2 aromatic rings. The molecule has 1 aromatic carbocycles. The maximum atomic E-state index is 13.6. The number of benzene rings is 1. The van der Waals surface area contributed by atoms with Crippen LogP contribution in [0.4, 0.5) is 5.69 Å². The Balaban J connectivity index is 1.53. The van der Waals surface area contributed by atoms with Crippen molar-refractivity contribution in [2.45, 2.75) is 64.6 Å². The summed E-state index contributed by atoms with van der Waals surface area (Å²) in [4.78, 5) is 30.1. The van der Waals surface area contributed by atoms with Gasteiger partial charge in [0.25, 0.3) is 5.91 Å². The molecule has 2 N–H and O–H groups in total. The van der Waals surface area contributed by atoms with Gasteiger partial charge in [-0.1, -0.05) is 26.2 Å². The van der Waals surface area contributed by atoms with Crippen LogP contribution in [0.15, 0.2) is 24.5 Å². The molecule has 0 radical (unpaired) electrons. The Morgan fingerprint density at radius 1 is 1.27 bits per heavy atom. The highest BCUT2D eigenvalue weighted by atomic mass is 16.5. The number of carbonyl (C=O) groups excluding carboxylic acids is 2. The number of amides is 2. The largest absolute Gasteiger partial charge is 0.488 e. The highest BCUT2D eigenvalue weighted by Crippen LogP contribution is 2.31. The SMILES string of the molecule is C[C@@H]1CN([C@H](C)CO)C(=O)c2cc(NC(=O)Cn3cnnn3)ccc2O[C@@H]1CN(C)CC1CCCCC1. The molecule has 1 aliphatic heterocycles. The molecule has 1 aliphatic carbocycles. The van der Waals surface area contributed by atoms with E-state index < -0.39 is 0 Å². The first-order valence-corrected chi connectivity index (χ1v) is 13.3. The van der Waals surface area contributed by atoms with E-state index in [4.69, 9.17) is 4.74 Å². The molecular weight excluding hydrogens is 474 g/mol. The fourth-order valence-corrected chi connectivity index (χ4v) is 5.31. The van der Waals surface area contributed by atoms with Gasteiger partial charge in [-0.05, 0) is 61.4 Å². The zero-order valence-electron chi connectivity index (χ0n) is 22.0. The molecule has 2 amide bonds. The number of tetrazole rings is 1. The molecule has 1 fully saturated rings. The summed E-state index contributed by atoms with van der Waals surface area (Å²) in [5, 5.41) is 23.4. The maximum Gasteiger partial charge on any atom is 0.258 e. The van der Waals surface area contributed by atoms with Crippen molar-refractivity contribution in [3.63, 3.8) is 0 Å². The number of aliphatic hydroxyl groups excluding tert-OH is 1. The van der Waals surface area contributed by atoms with E-state index in [2.05, 4.69) is 39.7 Å². The van der Waals surface area contributed by atoms with E-state index in [1.807, 2.05) is 6.92 Å². The summed E-state index contributed by atoms with van der Waals surface area (Å²) in [7, 11) is 2.15. The third-order valence-electron chi connectivity index (χ3n) is 7.43. The van der Waals surface area contributed by atoms with E-state index in [9.17, 15) is 14.7 Å². The van der Waals surface area contributed by atoms with Crippen molar-refractivity contribution in [1.29, 1.82) is 0 Å². The van der Waals surface area contributed by atoms with Crippen LogP contribution in [0.1, 0.15) is 56.3 Å². The van der Waals surface area contributed by atoms with Crippen LogP contribution in [0.3, 0.4) is 0 Å². The molecule has 202 valence electrons. The van der Waals surface area contributed by atoms with E-state index in [0.717, 1.165) is 19.0 Å². The van der Waals surface area contributed by atoms with E-state index in [1.54, 1.807) is 23.1 Å². The number of aromatic nitrogens is 4. The second kappa shape index (κ2) is 12.5. The number of fused-ring (bicyclic) bond motifs is 1. The van der Waals surface area contributed by atoms with Crippen LogP contribution in [0.2, 0.25) is 0 Å². The number of aliphatic hydroxyl groups is 1. The quantitative estimate of drug-likeness (QED) is 0.522. The second-order valence-electron chi connectivity index (χ2n) is 10.6. The minimum Gasteiger partial charge on any atom is -0.488 e. The van der Waals surface area contributed by atoms with Crippen molar-refractivity contribution in [2.24, 2.45) is 11.8 Å². The minimum absolute atomic E-state index is 0.0465. The summed E-state index contributed by atoms with van der Waals surface area (Å²) in [6.07, 6.45) is 7.76. The number of anilines is 1. The van der Waals surface area contributed by atoms with Crippen molar-refractivity contribution in [2.75, 3.05) is 38.6 Å². The topological polar surface area (TPSA) is 126 Å². The predicted molar refractivity (Wildman–Crippen MR) is 138 cm³/mol. The van der Waals surface area contributed by atoms with Gasteiger partial charge in [-0.15, -0.1) is 5.10 Å². The number of nitrogens with one attached hydrogen (secondary N) is 1. The predicted octanol–water partition coefficient (Wildman–Crippen LogP) is 2.04. The fraction of sp³-hybridized carbons (Fsp3) is 0.654. The molecule has 3 atom stereocenters. The van der Waals surface area contributed by atoms with Gasteiger partial charge in [0.2, 0.25) is 5.91 Å². The summed E-state index contributed by atoms with van der Waals surface area (Å²) >= 11 is 0. The lowest BCUT2D eigenvalue weighted by atomic mass is 9.89. The van der Waals surface area contributed by atoms with Gasteiger partial charge in [0.15, 0.2) is 0 Å². The molecule has 0 saturated heterocycles. The van der Waals surface area contributed by atoms with Gasteiger partial charge in [-0.25, -0.2) is 4.68 Å². The Kier molecular flexibility index (Phi) is 9.09. The van der Waals surface area contributed by atoms with Crippen LogP contribution in [-0.2, 0) is 11.3 Å². The van der Waals surface area contributed by atoms with Gasteiger partial charge in [0.1, 0.15) is 24.7 Å². The third kappa shape index (κ3) is 7.04. The maximum absolute atomic E-state index is 13.6. The van der Waals surface area contributed by atoms with Crippen LogP contribution in [0.25, 0.3) is 0 Å². The molecule has 0 spiro atoms. The first-order valence-electron chi connectivity index (χ1n) is 13.3. The van der Waals surface area contributed by atoms with Crippen LogP contribution in [0.5, 0.6) is 5.75 Å². The molecule has 37 heavy (non-hydrogen) atoms.